The summed E-state index contributed by atoms with van der Waals surface area (Å²) in [5.41, 5.74) is 15.5. The van der Waals surface area contributed by atoms with E-state index in [4.69, 9.17) is 36.6 Å². The zero-order valence-electron chi connectivity index (χ0n) is 22.9. The fourth-order valence-electron chi connectivity index (χ4n) is 4.58. The average Bonchev–Trinajstić information content (AvgIpc) is 3.45. The maximum Gasteiger partial charge on any atom is 0.586 e. The normalized spacial score (nSPS) is 16.1. The predicted octanol–water partition coefficient (Wildman–Crippen LogP) is 5.53. The van der Waals surface area contributed by atoms with Crippen LogP contribution in [0.1, 0.15) is 48.6 Å². The summed E-state index contributed by atoms with van der Waals surface area (Å²) >= 11 is 6.50. The number of nitrogen functional groups attached to an aromatic ring is 1. The first-order chi connectivity index (χ1) is 19.6. The molecule has 4 N–H and O–H groups in total. The predicted molar refractivity (Wildman–Crippen MR) is 153 cm³/mol. The van der Waals surface area contributed by atoms with Gasteiger partial charge in [0.05, 0.1) is 24.4 Å². The van der Waals surface area contributed by atoms with Crippen LogP contribution < -0.4 is 30.4 Å². The molecule has 2 aromatic carbocycles. The number of benzene rings is 2. The van der Waals surface area contributed by atoms with Crippen LogP contribution in [0.4, 0.5) is 14.5 Å². The van der Waals surface area contributed by atoms with Gasteiger partial charge >= 0.3 is 6.29 Å². The van der Waals surface area contributed by atoms with E-state index in [1.807, 2.05) is 18.2 Å². The van der Waals surface area contributed by atoms with Crippen molar-refractivity contribution in [3.8, 4) is 34.3 Å². The molecule has 41 heavy (non-hydrogen) atoms. The van der Waals surface area contributed by atoms with Crippen LogP contribution in [-0.2, 0) is 17.6 Å². The number of alkyl halides is 2. The molecule has 0 radical (unpaired) electrons. The van der Waals surface area contributed by atoms with Crippen LogP contribution in [0.25, 0.3) is 11.3 Å². The highest BCUT2D eigenvalue weighted by Gasteiger charge is 2.44. The number of amides is 1. The van der Waals surface area contributed by atoms with Gasteiger partial charge in [-0.2, -0.15) is 0 Å². The van der Waals surface area contributed by atoms with Gasteiger partial charge < -0.3 is 30.4 Å². The van der Waals surface area contributed by atoms with Gasteiger partial charge in [0.1, 0.15) is 17.2 Å². The summed E-state index contributed by atoms with van der Waals surface area (Å²) in [5, 5.41) is 0.208. The number of fused-ring (bicyclic) bond motifs is 2. The van der Waals surface area contributed by atoms with Gasteiger partial charge in [-0.25, -0.2) is 4.98 Å². The second kappa shape index (κ2) is 12.6. The molecule has 2 aliphatic heterocycles. The minimum Gasteiger partial charge on any atom is -0.495 e. The van der Waals surface area contributed by atoms with Gasteiger partial charge in [-0.05, 0) is 49.1 Å². The number of primary amides is 1. The first-order valence-corrected chi connectivity index (χ1v) is 13.4. The number of methoxy groups -OCH3 is 1. The molecule has 218 valence electrons. The number of halogens is 3. The Hall–Kier alpha value is -4.12. The number of nitrogens with two attached hydrogens (primary N) is 2. The van der Waals surface area contributed by atoms with Gasteiger partial charge in [0, 0.05) is 47.1 Å². The van der Waals surface area contributed by atoms with Crippen LogP contribution in [0.15, 0.2) is 35.3 Å². The molecule has 0 aliphatic carbocycles. The lowest BCUT2D eigenvalue weighted by Crippen LogP contribution is -2.25. The Kier molecular flexibility index (Phi) is 9.17. The monoisotopic (exact) mass is 588 g/mol. The first-order valence-electron chi connectivity index (χ1n) is 13.0. The molecule has 9 nitrogen and oxygen atoms in total. The van der Waals surface area contributed by atoms with E-state index < -0.39 is 6.29 Å². The van der Waals surface area contributed by atoms with E-state index in [1.165, 1.54) is 12.1 Å². The number of ether oxygens (including phenoxy) is 4. The summed E-state index contributed by atoms with van der Waals surface area (Å²) in [6.07, 6.45) is 0.490. The average molecular weight is 589 g/mol. The molecule has 3 heterocycles. The molecule has 1 atom stereocenters. The highest BCUT2D eigenvalue weighted by Crippen LogP contribution is 2.49. The van der Waals surface area contributed by atoms with Crippen LogP contribution in [-0.4, -0.2) is 44.2 Å². The van der Waals surface area contributed by atoms with Gasteiger partial charge in [0.2, 0.25) is 6.41 Å². The highest BCUT2D eigenvalue weighted by molar-refractivity contribution is 6.33. The van der Waals surface area contributed by atoms with E-state index in [0.717, 1.165) is 28.8 Å². The largest absolute Gasteiger partial charge is 0.586 e. The molecular formula is C29H31ClF2N4O5. The minimum atomic E-state index is -3.74. The van der Waals surface area contributed by atoms with E-state index in [0.29, 0.717) is 54.4 Å². The topological polar surface area (TPSA) is 131 Å². The smallest absolute Gasteiger partial charge is 0.495 e. The lowest BCUT2D eigenvalue weighted by atomic mass is 9.97. The number of aromatic nitrogens is 1. The standard InChI is InChI=1S/C28H28ClF2N3O4.CH3NO/c1-4-7-33-13-17-8-16(9-24(35-3)25(17)32)5-6-18-10-19-15(2)14-36-27(19)26(34-18)20-11-22-23(12-21(20)29)38-28(30,31)37-22;2-1-3/h8-13,15H,4-7,14,32H2,1-3H3;1H,(H2,2,3). The Bertz CT molecular complexity index is 1470. The summed E-state index contributed by atoms with van der Waals surface area (Å²) < 4.78 is 47.9. The van der Waals surface area contributed by atoms with E-state index in [9.17, 15) is 8.78 Å². The van der Waals surface area contributed by atoms with Crippen LogP contribution in [0.3, 0.4) is 0 Å². The molecule has 0 fully saturated rings. The Morgan fingerprint density at radius 3 is 2.59 bits per heavy atom. The zero-order chi connectivity index (χ0) is 29.7. The number of pyridine rings is 1. The molecule has 2 aliphatic rings. The number of hydrogen-bond donors (Lipinski definition) is 2. The van der Waals surface area contributed by atoms with Crippen molar-refractivity contribution in [1.82, 2.24) is 4.98 Å². The molecule has 1 amide bonds. The number of anilines is 1. The molecule has 5 rings (SSSR count). The molecule has 1 unspecified atom stereocenters. The summed E-state index contributed by atoms with van der Waals surface area (Å²) in [7, 11) is 1.59. The van der Waals surface area contributed by atoms with Crippen LogP contribution in [0.5, 0.6) is 23.0 Å². The quantitative estimate of drug-likeness (QED) is 0.201. The number of carbonyl (C=O) groups excluding carboxylic acids is 1. The lowest BCUT2D eigenvalue weighted by Gasteiger charge is -2.14. The minimum absolute atomic E-state index is 0.104. The lowest BCUT2D eigenvalue weighted by molar-refractivity contribution is -0.286. The summed E-state index contributed by atoms with van der Waals surface area (Å²) in [4.78, 5) is 17.9. The number of aliphatic imine (C=N–C) groups is 1. The third-order valence-electron chi connectivity index (χ3n) is 6.52. The van der Waals surface area contributed by atoms with E-state index in [-0.39, 0.29) is 28.8 Å². The van der Waals surface area contributed by atoms with Crippen LogP contribution in [0.2, 0.25) is 5.02 Å². The highest BCUT2D eigenvalue weighted by atomic mass is 35.5. The molecule has 0 saturated carbocycles. The van der Waals surface area contributed by atoms with Gasteiger partial charge in [0.15, 0.2) is 11.5 Å². The van der Waals surface area contributed by atoms with E-state index in [2.05, 4.69) is 34.0 Å². The van der Waals surface area contributed by atoms with Gasteiger partial charge in [0.25, 0.3) is 0 Å². The molecule has 0 saturated heterocycles. The number of aryl methyl sites for hydroxylation is 2. The fraction of sp³-hybridized carbons (Fsp3) is 0.345. The van der Waals surface area contributed by atoms with Crippen molar-refractivity contribution in [2.75, 3.05) is 26.0 Å². The third-order valence-corrected chi connectivity index (χ3v) is 6.83. The van der Waals surface area contributed by atoms with Crippen LogP contribution in [0, 0.1) is 0 Å². The molecular weight excluding hydrogens is 558 g/mol. The third kappa shape index (κ3) is 6.62. The van der Waals surface area contributed by atoms with Crippen molar-refractivity contribution >= 4 is 29.9 Å². The second-order valence-electron chi connectivity index (χ2n) is 9.51. The molecule has 12 heteroatoms. The van der Waals surface area contributed by atoms with Gasteiger partial charge in [-0.3, -0.25) is 9.79 Å². The summed E-state index contributed by atoms with van der Waals surface area (Å²) in [6.45, 7) is 5.33. The van der Waals surface area contributed by atoms with Crippen LogP contribution >= 0.6 is 11.6 Å². The fourth-order valence-corrected chi connectivity index (χ4v) is 4.82. The summed E-state index contributed by atoms with van der Waals surface area (Å²) in [6, 6.07) is 8.69. The van der Waals surface area contributed by atoms with E-state index >= 15 is 0 Å². The molecule has 1 aromatic heterocycles. The number of carbonyl (C=O) groups is 1. The molecule has 0 spiro atoms. The molecule has 0 bridgehead atoms. The number of rotatable bonds is 8. The Balaban J connectivity index is 0.00000124. The zero-order valence-corrected chi connectivity index (χ0v) is 23.6. The Labute approximate surface area is 241 Å². The number of hydrogen-bond acceptors (Lipinski definition) is 8. The van der Waals surface area contributed by atoms with Crippen molar-refractivity contribution in [1.29, 1.82) is 0 Å². The SMILES string of the molecule is CCCN=Cc1cc(CCc2cc3c(c(-c4cc5c(cc4Cl)OC(F)(F)O5)n2)OCC3C)cc(OC)c1N.NC=O. The second-order valence-corrected chi connectivity index (χ2v) is 9.92. The van der Waals surface area contributed by atoms with E-state index in [1.54, 1.807) is 13.3 Å². The van der Waals surface area contributed by atoms with Crippen molar-refractivity contribution in [3.63, 3.8) is 0 Å². The summed E-state index contributed by atoms with van der Waals surface area (Å²) in [5.74, 6) is 1.10. The first kappa shape index (κ1) is 29.9. The van der Waals surface area contributed by atoms with Crippen molar-refractivity contribution < 1.29 is 32.5 Å². The van der Waals surface area contributed by atoms with Gasteiger partial charge in [-0.15, -0.1) is 8.78 Å². The van der Waals surface area contributed by atoms with Gasteiger partial charge in [-0.1, -0.05) is 25.4 Å². The Morgan fingerprint density at radius 2 is 1.90 bits per heavy atom. The molecule has 3 aromatic rings. The van der Waals surface area contributed by atoms with Crippen molar-refractivity contribution in [3.05, 3.63) is 57.7 Å². The Morgan fingerprint density at radius 1 is 1.20 bits per heavy atom. The van der Waals surface area contributed by atoms with Crippen molar-refractivity contribution in [2.24, 2.45) is 10.7 Å². The van der Waals surface area contributed by atoms with Crippen molar-refractivity contribution in [2.45, 2.75) is 45.3 Å². The maximum absolute atomic E-state index is 13.6. The number of nitrogens with zero attached hydrogens (tertiary/aromatic N) is 2. The maximum atomic E-state index is 13.6.